The molecule has 0 radical (unpaired) electrons. The number of thiazole rings is 1. The van der Waals surface area contributed by atoms with E-state index in [1.54, 1.807) is 12.1 Å². The normalized spacial score (nSPS) is 14.8. The Kier molecular flexibility index (Phi) is 5.74. The highest BCUT2D eigenvalue weighted by atomic mass is 32.1. The average molecular weight is 481 g/mol. The molecule has 4 aromatic rings. The van der Waals surface area contributed by atoms with Crippen LogP contribution < -0.4 is 10.6 Å². The molecule has 2 N–H and O–H groups in total. The lowest BCUT2D eigenvalue weighted by Crippen LogP contribution is -2.53. The van der Waals surface area contributed by atoms with Gasteiger partial charge in [0.1, 0.15) is 17.1 Å². The molecule has 1 fully saturated rings. The highest BCUT2D eigenvalue weighted by Crippen LogP contribution is 2.32. The van der Waals surface area contributed by atoms with Crippen molar-refractivity contribution < 1.29 is 23.2 Å². The summed E-state index contributed by atoms with van der Waals surface area (Å²) in [5, 5.41) is 10.7. The number of amides is 1. The Hall–Kier alpha value is -3.79. The Balaban J connectivity index is 1.28. The van der Waals surface area contributed by atoms with Crippen molar-refractivity contribution in [3.8, 4) is 11.3 Å². The highest BCUT2D eigenvalue weighted by Gasteiger charge is 2.44. The second kappa shape index (κ2) is 8.86. The molecule has 0 saturated heterocycles. The largest absolute Gasteiger partial charge is 0.467 e. The number of nitrogens with zero attached hydrogens (tertiary/aromatic N) is 2. The minimum absolute atomic E-state index is 0.0223. The SMILES string of the molecule is COC(=O)C1(NC(=O)c2cc(-c3ccc(Nc4nc5ccc(F)cc5s4)cc3)no2)CCCC1. The summed E-state index contributed by atoms with van der Waals surface area (Å²) >= 11 is 1.36. The fourth-order valence-corrected chi connectivity index (χ4v) is 5.06. The molecule has 34 heavy (non-hydrogen) atoms. The first-order valence-corrected chi connectivity index (χ1v) is 11.6. The van der Waals surface area contributed by atoms with Crippen molar-refractivity contribution in [3.63, 3.8) is 0 Å². The van der Waals surface area contributed by atoms with Gasteiger partial charge >= 0.3 is 5.97 Å². The van der Waals surface area contributed by atoms with Gasteiger partial charge in [-0.15, -0.1) is 0 Å². The first kappa shape index (κ1) is 22.0. The molecule has 1 aliphatic rings. The van der Waals surface area contributed by atoms with Crippen molar-refractivity contribution in [2.75, 3.05) is 12.4 Å². The van der Waals surface area contributed by atoms with E-state index < -0.39 is 17.4 Å². The maximum atomic E-state index is 13.4. The standard InChI is InChI=1S/C24H21FN4O4S/c1-32-22(31)24(10-2-3-11-24)28-21(30)19-13-18(29-33-19)14-4-7-16(8-5-14)26-23-27-17-9-6-15(25)12-20(17)34-23/h4-9,12-13H,2-3,10-11H2,1H3,(H,26,27)(H,28,30). The first-order chi connectivity index (χ1) is 16.5. The summed E-state index contributed by atoms with van der Waals surface area (Å²) in [6.07, 6.45) is 2.74. The zero-order valence-electron chi connectivity index (χ0n) is 18.3. The van der Waals surface area contributed by atoms with E-state index in [0.717, 1.165) is 34.3 Å². The van der Waals surface area contributed by atoms with E-state index >= 15 is 0 Å². The summed E-state index contributed by atoms with van der Waals surface area (Å²) in [7, 11) is 1.32. The predicted molar refractivity (Wildman–Crippen MR) is 125 cm³/mol. The van der Waals surface area contributed by atoms with Gasteiger partial charge in [0.15, 0.2) is 5.13 Å². The molecule has 0 unspecified atom stereocenters. The number of aromatic nitrogens is 2. The van der Waals surface area contributed by atoms with Crippen LogP contribution in [0.2, 0.25) is 0 Å². The van der Waals surface area contributed by atoms with Crippen molar-refractivity contribution in [1.29, 1.82) is 0 Å². The number of rotatable bonds is 6. The van der Waals surface area contributed by atoms with Crippen molar-refractivity contribution in [2.45, 2.75) is 31.2 Å². The summed E-state index contributed by atoms with van der Waals surface area (Å²) in [6.45, 7) is 0. The van der Waals surface area contributed by atoms with E-state index in [2.05, 4.69) is 20.8 Å². The molecular weight excluding hydrogens is 459 g/mol. The molecule has 2 aromatic heterocycles. The fourth-order valence-electron chi connectivity index (χ4n) is 4.15. The third-order valence-electron chi connectivity index (χ3n) is 5.90. The van der Waals surface area contributed by atoms with E-state index in [-0.39, 0.29) is 11.6 Å². The molecule has 0 aliphatic heterocycles. The van der Waals surface area contributed by atoms with Crippen molar-refractivity contribution in [3.05, 3.63) is 60.1 Å². The lowest BCUT2D eigenvalue weighted by Gasteiger charge is -2.26. The van der Waals surface area contributed by atoms with Crippen LogP contribution in [-0.2, 0) is 9.53 Å². The number of hydrogen-bond acceptors (Lipinski definition) is 8. The molecule has 1 amide bonds. The zero-order valence-corrected chi connectivity index (χ0v) is 19.1. The van der Waals surface area contributed by atoms with Gasteiger partial charge in [-0.2, -0.15) is 0 Å². The average Bonchev–Trinajstić information content (AvgIpc) is 3.59. The van der Waals surface area contributed by atoms with Gasteiger partial charge in [-0.25, -0.2) is 14.2 Å². The van der Waals surface area contributed by atoms with Gasteiger partial charge < -0.3 is 19.9 Å². The number of methoxy groups -OCH3 is 1. The lowest BCUT2D eigenvalue weighted by atomic mass is 9.97. The summed E-state index contributed by atoms with van der Waals surface area (Å²) in [4.78, 5) is 29.4. The van der Waals surface area contributed by atoms with Crippen LogP contribution in [-0.4, -0.2) is 34.7 Å². The van der Waals surface area contributed by atoms with Gasteiger partial charge in [0.2, 0.25) is 5.76 Å². The molecule has 0 spiro atoms. The number of benzene rings is 2. The number of halogens is 1. The van der Waals surface area contributed by atoms with Crippen LogP contribution in [0.15, 0.2) is 53.1 Å². The van der Waals surface area contributed by atoms with Crippen LogP contribution in [0.4, 0.5) is 15.2 Å². The van der Waals surface area contributed by atoms with Crippen molar-refractivity contribution in [2.24, 2.45) is 0 Å². The van der Waals surface area contributed by atoms with Gasteiger partial charge in [-0.3, -0.25) is 4.79 Å². The lowest BCUT2D eigenvalue weighted by molar-refractivity contribution is -0.148. The Morgan fingerprint density at radius 1 is 1.12 bits per heavy atom. The van der Waals surface area contributed by atoms with Gasteiger partial charge in [-0.1, -0.05) is 41.5 Å². The van der Waals surface area contributed by atoms with E-state index in [1.165, 1.54) is 30.6 Å². The Morgan fingerprint density at radius 3 is 2.62 bits per heavy atom. The number of fused-ring (bicyclic) bond motifs is 1. The zero-order chi connectivity index (χ0) is 23.7. The Labute approximate surface area is 198 Å². The number of esters is 1. The number of anilines is 2. The molecule has 1 saturated carbocycles. The third kappa shape index (κ3) is 4.24. The van der Waals surface area contributed by atoms with E-state index in [4.69, 9.17) is 9.26 Å². The van der Waals surface area contributed by atoms with Crippen LogP contribution in [0.5, 0.6) is 0 Å². The molecule has 0 atom stereocenters. The number of hydrogen-bond donors (Lipinski definition) is 2. The van der Waals surface area contributed by atoms with Crippen LogP contribution >= 0.6 is 11.3 Å². The molecule has 2 heterocycles. The Morgan fingerprint density at radius 2 is 1.88 bits per heavy atom. The van der Waals surface area contributed by atoms with E-state index in [1.807, 2.05) is 24.3 Å². The minimum Gasteiger partial charge on any atom is -0.467 e. The Bertz CT molecular complexity index is 1360. The summed E-state index contributed by atoms with van der Waals surface area (Å²) in [5.74, 6) is -1.22. The second-order valence-electron chi connectivity index (χ2n) is 8.14. The summed E-state index contributed by atoms with van der Waals surface area (Å²) < 4.78 is 24.3. The molecule has 1 aliphatic carbocycles. The van der Waals surface area contributed by atoms with Crippen LogP contribution in [0.25, 0.3) is 21.5 Å². The first-order valence-electron chi connectivity index (χ1n) is 10.8. The second-order valence-corrected chi connectivity index (χ2v) is 9.18. The van der Waals surface area contributed by atoms with Gasteiger partial charge in [0.05, 0.1) is 17.3 Å². The quantitative estimate of drug-likeness (QED) is 0.372. The monoisotopic (exact) mass is 480 g/mol. The van der Waals surface area contributed by atoms with E-state index in [0.29, 0.717) is 23.7 Å². The van der Waals surface area contributed by atoms with Gasteiger partial charge in [-0.05, 0) is 43.2 Å². The fraction of sp³-hybridized carbons (Fsp3) is 0.250. The molecule has 0 bridgehead atoms. The molecule has 174 valence electrons. The van der Waals surface area contributed by atoms with Crippen molar-refractivity contribution >= 4 is 44.2 Å². The van der Waals surface area contributed by atoms with Gasteiger partial charge in [0.25, 0.3) is 5.91 Å². The smallest absolute Gasteiger partial charge is 0.331 e. The third-order valence-corrected chi connectivity index (χ3v) is 6.84. The predicted octanol–water partition coefficient (Wildman–Crippen LogP) is 5.05. The molecule has 5 rings (SSSR count). The van der Waals surface area contributed by atoms with Gasteiger partial charge in [0, 0.05) is 17.3 Å². The number of ether oxygens (including phenoxy) is 1. The van der Waals surface area contributed by atoms with E-state index in [9.17, 15) is 14.0 Å². The van der Waals surface area contributed by atoms with Crippen LogP contribution in [0, 0.1) is 5.82 Å². The number of nitrogens with one attached hydrogen (secondary N) is 2. The molecule has 2 aromatic carbocycles. The van der Waals surface area contributed by atoms with Crippen LogP contribution in [0.3, 0.4) is 0 Å². The summed E-state index contributed by atoms with van der Waals surface area (Å²) in [5.41, 5.74) is 1.75. The van der Waals surface area contributed by atoms with Crippen molar-refractivity contribution in [1.82, 2.24) is 15.5 Å². The minimum atomic E-state index is -1.02. The molecule has 8 nitrogen and oxygen atoms in total. The molecular formula is C24H21FN4O4S. The number of carbonyl (C=O) groups excluding carboxylic acids is 2. The maximum absolute atomic E-state index is 13.4. The maximum Gasteiger partial charge on any atom is 0.331 e. The summed E-state index contributed by atoms with van der Waals surface area (Å²) in [6, 6.07) is 13.4. The van der Waals surface area contributed by atoms with Crippen LogP contribution in [0.1, 0.15) is 36.2 Å². The number of carbonyl (C=O) groups is 2. The topological polar surface area (TPSA) is 106 Å². The highest BCUT2D eigenvalue weighted by molar-refractivity contribution is 7.22. The molecule has 10 heteroatoms.